The Morgan fingerprint density at radius 3 is 2.31 bits per heavy atom. The van der Waals surface area contributed by atoms with Gasteiger partial charge in [0.25, 0.3) is 5.56 Å². The van der Waals surface area contributed by atoms with E-state index in [1.54, 1.807) is 12.3 Å². The summed E-state index contributed by atoms with van der Waals surface area (Å²) >= 11 is 3.38. The average Bonchev–Trinajstić information content (AvgIpc) is 2.63. The Kier molecular flexibility index (Phi) is 5.63. The second-order valence-electron chi connectivity index (χ2n) is 6.29. The van der Waals surface area contributed by atoms with E-state index in [0.29, 0.717) is 44.8 Å². The van der Waals surface area contributed by atoms with Crippen LogP contribution in [0.1, 0.15) is 11.1 Å². The van der Waals surface area contributed by atoms with Crippen molar-refractivity contribution in [3.8, 4) is 5.75 Å². The van der Waals surface area contributed by atoms with Crippen molar-refractivity contribution < 1.29 is 15.0 Å². The van der Waals surface area contributed by atoms with Crippen LogP contribution in [0, 0.1) is 0 Å². The number of aromatic hydroxyl groups is 1. The first kappa shape index (κ1) is 18.5. The Labute approximate surface area is 159 Å². The van der Waals surface area contributed by atoms with Crippen LogP contribution in [0.5, 0.6) is 5.75 Å². The molecule has 3 rings (SSSR count). The maximum atomic E-state index is 12.4. The number of benzene rings is 1. The Hall–Kier alpha value is -2.32. The molecular weight excluding hydrogens is 402 g/mol. The molecule has 0 spiro atoms. The Morgan fingerprint density at radius 2 is 1.69 bits per heavy atom. The summed E-state index contributed by atoms with van der Waals surface area (Å²) in [4.78, 5) is 26.8. The standard InChI is InChI=1S/C18H20BrN3O4/c19-15-3-1-13(2-4-15)11-22-6-5-14(16(23)17(22)24)12-20-7-9-21(10-8-20)18(25)26/h1-6,23H,7-12H2,(H,25,26). The lowest BCUT2D eigenvalue weighted by Gasteiger charge is -2.33. The van der Waals surface area contributed by atoms with Gasteiger partial charge in [0.15, 0.2) is 5.75 Å². The Morgan fingerprint density at radius 1 is 1.04 bits per heavy atom. The number of carbonyl (C=O) groups is 1. The van der Waals surface area contributed by atoms with Gasteiger partial charge in [0.2, 0.25) is 0 Å². The van der Waals surface area contributed by atoms with E-state index in [0.717, 1.165) is 10.0 Å². The van der Waals surface area contributed by atoms with E-state index in [9.17, 15) is 14.7 Å². The van der Waals surface area contributed by atoms with E-state index >= 15 is 0 Å². The molecule has 138 valence electrons. The Bertz CT molecular complexity index is 843. The fourth-order valence-corrected chi connectivity index (χ4v) is 3.24. The number of hydrogen-bond donors (Lipinski definition) is 2. The highest BCUT2D eigenvalue weighted by atomic mass is 79.9. The molecule has 2 heterocycles. The summed E-state index contributed by atoms with van der Waals surface area (Å²) in [6.07, 6.45) is 0.774. The fourth-order valence-electron chi connectivity index (χ4n) is 2.98. The van der Waals surface area contributed by atoms with Gasteiger partial charge in [-0.15, -0.1) is 0 Å². The van der Waals surface area contributed by atoms with Crippen molar-refractivity contribution in [3.63, 3.8) is 0 Å². The van der Waals surface area contributed by atoms with E-state index in [4.69, 9.17) is 5.11 Å². The lowest BCUT2D eigenvalue weighted by atomic mass is 10.2. The first-order valence-corrected chi connectivity index (χ1v) is 9.09. The molecule has 26 heavy (non-hydrogen) atoms. The van der Waals surface area contributed by atoms with E-state index in [2.05, 4.69) is 15.9 Å². The molecule has 1 amide bonds. The Balaban J connectivity index is 1.69. The van der Waals surface area contributed by atoms with Crippen LogP contribution in [0.15, 0.2) is 45.8 Å². The molecule has 0 aliphatic carbocycles. The molecule has 1 fully saturated rings. The van der Waals surface area contributed by atoms with E-state index < -0.39 is 11.7 Å². The zero-order chi connectivity index (χ0) is 18.7. The minimum absolute atomic E-state index is 0.245. The number of aromatic nitrogens is 1. The monoisotopic (exact) mass is 421 g/mol. The number of piperazine rings is 1. The number of nitrogens with zero attached hydrogens (tertiary/aromatic N) is 3. The van der Waals surface area contributed by atoms with Crippen molar-refractivity contribution in [2.45, 2.75) is 13.1 Å². The second-order valence-corrected chi connectivity index (χ2v) is 7.21. The van der Waals surface area contributed by atoms with Gasteiger partial charge in [-0.05, 0) is 23.8 Å². The second kappa shape index (κ2) is 7.92. The number of halogens is 1. The molecule has 1 aromatic heterocycles. The molecule has 8 heteroatoms. The van der Waals surface area contributed by atoms with Crippen molar-refractivity contribution in [2.24, 2.45) is 0 Å². The smallest absolute Gasteiger partial charge is 0.407 e. The lowest BCUT2D eigenvalue weighted by Crippen LogP contribution is -2.47. The number of carboxylic acid groups (broad SMARTS) is 1. The lowest BCUT2D eigenvalue weighted by molar-refractivity contribution is 0.102. The highest BCUT2D eigenvalue weighted by Crippen LogP contribution is 2.16. The van der Waals surface area contributed by atoms with E-state index in [1.807, 2.05) is 29.2 Å². The molecule has 2 N–H and O–H groups in total. The molecule has 1 aliphatic rings. The van der Waals surface area contributed by atoms with Crippen LogP contribution in [0.3, 0.4) is 0 Å². The molecule has 0 bridgehead atoms. The zero-order valence-corrected chi connectivity index (χ0v) is 15.7. The number of rotatable bonds is 4. The van der Waals surface area contributed by atoms with Gasteiger partial charge in [0, 0.05) is 49.0 Å². The molecule has 0 saturated carbocycles. The predicted octanol–water partition coefficient (Wildman–Crippen LogP) is 2.16. The number of pyridine rings is 1. The summed E-state index contributed by atoms with van der Waals surface area (Å²) in [5.74, 6) is -0.245. The van der Waals surface area contributed by atoms with Gasteiger partial charge in [-0.3, -0.25) is 9.69 Å². The topological polar surface area (TPSA) is 86.0 Å². The summed E-state index contributed by atoms with van der Waals surface area (Å²) in [6.45, 7) is 2.82. The zero-order valence-electron chi connectivity index (χ0n) is 14.1. The van der Waals surface area contributed by atoms with Crippen LogP contribution in [-0.4, -0.2) is 56.9 Å². The normalized spacial score (nSPS) is 15.2. The molecule has 0 atom stereocenters. The summed E-state index contributed by atoms with van der Waals surface area (Å²) in [5, 5.41) is 19.3. The molecule has 0 unspecified atom stereocenters. The molecule has 7 nitrogen and oxygen atoms in total. The van der Waals surface area contributed by atoms with Gasteiger partial charge < -0.3 is 19.7 Å². The van der Waals surface area contributed by atoms with Gasteiger partial charge in [-0.2, -0.15) is 0 Å². The largest absolute Gasteiger partial charge is 0.503 e. The third-order valence-electron chi connectivity index (χ3n) is 4.53. The van der Waals surface area contributed by atoms with Crippen LogP contribution >= 0.6 is 15.9 Å². The first-order chi connectivity index (χ1) is 12.4. The summed E-state index contributed by atoms with van der Waals surface area (Å²) in [6, 6.07) is 9.41. The van der Waals surface area contributed by atoms with E-state index in [1.165, 1.54) is 9.47 Å². The van der Waals surface area contributed by atoms with Crippen LogP contribution in [0.25, 0.3) is 0 Å². The quantitative estimate of drug-likeness (QED) is 0.789. The van der Waals surface area contributed by atoms with Crippen LogP contribution in [0.2, 0.25) is 0 Å². The van der Waals surface area contributed by atoms with Gasteiger partial charge in [-0.25, -0.2) is 4.79 Å². The minimum Gasteiger partial charge on any atom is -0.503 e. The third-order valence-corrected chi connectivity index (χ3v) is 5.05. The number of hydrogen-bond acceptors (Lipinski definition) is 4. The molecule has 1 aliphatic heterocycles. The summed E-state index contributed by atoms with van der Waals surface area (Å²) < 4.78 is 2.44. The third kappa shape index (κ3) is 4.25. The fraction of sp³-hybridized carbons (Fsp3) is 0.333. The van der Waals surface area contributed by atoms with Crippen molar-refractivity contribution in [3.05, 3.63) is 62.5 Å². The van der Waals surface area contributed by atoms with Crippen LogP contribution in [0.4, 0.5) is 4.79 Å². The van der Waals surface area contributed by atoms with Crippen LogP contribution < -0.4 is 5.56 Å². The number of amides is 1. The van der Waals surface area contributed by atoms with Gasteiger partial charge in [-0.1, -0.05) is 28.1 Å². The minimum atomic E-state index is -0.914. The molecule has 0 radical (unpaired) electrons. The van der Waals surface area contributed by atoms with Gasteiger partial charge >= 0.3 is 6.09 Å². The first-order valence-electron chi connectivity index (χ1n) is 8.30. The molecular formula is C18H20BrN3O4. The van der Waals surface area contributed by atoms with Gasteiger partial charge in [0.1, 0.15) is 0 Å². The maximum absolute atomic E-state index is 12.4. The van der Waals surface area contributed by atoms with E-state index in [-0.39, 0.29) is 5.75 Å². The van der Waals surface area contributed by atoms with Gasteiger partial charge in [0.05, 0.1) is 6.54 Å². The van der Waals surface area contributed by atoms with Crippen LogP contribution in [-0.2, 0) is 13.1 Å². The summed E-state index contributed by atoms with van der Waals surface area (Å²) in [7, 11) is 0. The molecule has 1 aromatic carbocycles. The van der Waals surface area contributed by atoms with Crippen molar-refractivity contribution in [1.29, 1.82) is 0 Å². The molecule has 1 saturated heterocycles. The maximum Gasteiger partial charge on any atom is 0.407 e. The van der Waals surface area contributed by atoms with Crippen molar-refractivity contribution in [2.75, 3.05) is 26.2 Å². The molecule has 2 aromatic rings. The summed E-state index contributed by atoms with van der Waals surface area (Å²) in [5.41, 5.74) is 1.10. The SMILES string of the molecule is O=C(O)N1CCN(Cc2ccn(Cc3ccc(Br)cc3)c(=O)c2O)CC1. The average molecular weight is 422 g/mol. The van der Waals surface area contributed by atoms with Crippen molar-refractivity contribution >= 4 is 22.0 Å². The predicted molar refractivity (Wildman–Crippen MR) is 100 cm³/mol. The van der Waals surface area contributed by atoms with Crippen molar-refractivity contribution in [1.82, 2.24) is 14.4 Å². The highest BCUT2D eigenvalue weighted by molar-refractivity contribution is 9.10. The highest BCUT2D eigenvalue weighted by Gasteiger charge is 2.21.